The molecule has 0 amide bonds. The van der Waals surface area contributed by atoms with E-state index in [1.54, 1.807) is 31.4 Å². The van der Waals surface area contributed by atoms with Gasteiger partial charge in [-0.3, -0.25) is 0 Å². The van der Waals surface area contributed by atoms with Gasteiger partial charge in [0.2, 0.25) is 0 Å². The van der Waals surface area contributed by atoms with E-state index in [-0.39, 0.29) is 10.8 Å². The average molecular weight is 348 g/mol. The van der Waals surface area contributed by atoms with Crippen molar-refractivity contribution >= 4 is 21.4 Å². The van der Waals surface area contributed by atoms with Gasteiger partial charge in [0.1, 0.15) is 5.75 Å². The molecule has 4 nitrogen and oxygen atoms in total. The van der Waals surface area contributed by atoms with Crippen molar-refractivity contribution in [3.8, 4) is 11.8 Å². The molecule has 6 heteroatoms. The van der Waals surface area contributed by atoms with E-state index in [4.69, 9.17) is 16.3 Å². The van der Waals surface area contributed by atoms with Gasteiger partial charge >= 0.3 is 0 Å². The van der Waals surface area contributed by atoms with Crippen molar-refractivity contribution in [2.24, 2.45) is 5.92 Å². The fraction of sp³-hybridized carbons (Fsp3) is 0.235. The van der Waals surface area contributed by atoms with Crippen molar-refractivity contribution in [1.82, 2.24) is 0 Å². The summed E-state index contributed by atoms with van der Waals surface area (Å²) in [5, 5.41) is 9.06. The van der Waals surface area contributed by atoms with Gasteiger partial charge in [-0.1, -0.05) is 23.7 Å². The second kappa shape index (κ2) is 5.88. The molecule has 0 saturated heterocycles. The van der Waals surface area contributed by atoms with Gasteiger partial charge < -0.3 is 4.74 Å². The Balaban J connectivity index is 1.92. The number of halogens is 1. The first-order chi connectivity index (χ1) is 11.0. The number of nitriles is 1. The Labute approximate surface area is 140 Å². The normalized spacial score (nSPS) is 23.1. The first-order valence-corrected chi connectivity index (χ1v) is 8.94. The fourth-order valence-corrected chi connectivity index (χ4v) is 5.02. The molecule has 0 N–H and O–H groups in total. The Hall–Kier alpha value is -2.03. The summed E-state index contributed by atoms with van der Waals surface area (Å²) in [4.78, 5) is 0.197. The van der Waals surface area contributed by atoms with Crippen molar-refractivity contribution in [1.29, 1.82) is 5.26 Å². The van der Waals surface area contributed by atoms with Gasteiger partial charge in [0, 0.05) is 10.9 Å². The van der Waals surface area contributed by atoms with E-state index >= 15 is 0 Å². The second-order valence-corrected chi connectivity index (χ2v) is 7.96. The van der Waals surface area contributed by atoms with E-state index in [0.29, 0.717) is 10.8 Å². The van der Waals surface area contributed by atoms with Crippen LogP contribution in [0.4, 0.5) is 0 Å². The molecular formula is C17H14ClNO3S. The van der Waals surface area contributed by atoms with Crippen LogP contribution in [0.25, 0.3) is 0 Å². The highest BCUT2D eigenvalue weighted by Crippen LogP contribution is 2.53. The van der Waals surface area contributed by atoms with Crippen LogP contribution in [0.15, 0.2) is 53.4 Å². The summed E-state index contributed by atoms with van der Waals surface area (Å²) < 4.78 is 30.6. The minimum Gasteiger partial charge on any atom is -0.497 e. The number of nitrogens with zero attached hydrogens (tertiary/aromatic N) is 1. The summed E-state index contributed by atoms with van der Waals surface area (Å²) in [6.45, 7) is 0. The van der Waals surface area contributed by atoms with Crippen molar-refractivity contribution in [2.45, 2.75) is 16.1 Å². The second-order valence-electron chi connectivity index (χ2n) is 5.42. The summed E-state index contributed by atoms with van der Waals surface area (Å²) in [5.41, 5.74) is 0.833. The van der Waals surface area contributed by atoms with E-state index in [1.807, 2.05) is 12.1 Å². The van der Waals surface area contributed by atoms with Crippen molar-refractivity contribution in [3.05, 3.63) is 59.1 Å². The largest absolute Gasteiger partial charge is 0.497 e. The lowest BCUT2D eigenvalue weighted by Crippen LogP contribution is -2.10. The Morgan fingerprint density at radius 1 is 1.09 bits per heavy atom. The van der Waals surface area contributed by atoms with Crippen LogP contribution in [0.3, 0.4) is 0 Å². The molecule has 0 aliphatic heterocycles. The van der Waals surface area contributed by atoms with Crippen molar-refractivity contribution in [2.75, 3.05) is 7.11 Å². The number of sulfone groups is 1. The zero-order valence-electron chi connectivity index (χ0n) is 12.3. The first kappa shape index (κ1) is 15.9. The van der Waals surface area contributed by atoms with Crippen LogP contribution < -0.4 is 4.74 Å². The molecule has 0 unspecified atom stereocenters. The molecule has 0 aromatic heterocycles. The molecule has 23 heavy (non-hydrogen) atoms. The van der Waals surface area contributed by atoms with Gasteiger partial charge in [-0.25, -0.2) is 8.42 Å². The van der Waals surface area contributed by atoms with Crippen LogP contribution in [0.1, 0.15) is 11.5 Å². The number of benzene rings is 2. The van der Waals surface area contributed by atoms with E-state index in [1.165, 1.54) is 12.1 Å². The summed E-state index contributed by atoms with van der Waals surface area (Å²) in [6.07, 6.45) is 0. The zero-order chi connectivity index (χ0) is 16.6. The molecule has 1 saturated carbocycles. The lowest BCUT2D eigenvalue weighted by molar-refractivity contribution is 0.414. The molecule has 0 radical (unpaired) electrons. The third kappa shape index (κ3) is 2.80. The predicted molar refractivity (Wildman–Crippen MR) is 87.3 cm³/mol. The van der Waals surface area contributed by atoms with Gasteiger partial charge in [-0.15, -0.1) is 0 Å². The molecule has 2 aromatic rings. The van der Waals surface area contributed by atoms with Crippen LogP contribution in [-0.2, 0) is 9.84 Å². The SMILES string of the molecule is COc1ccc([C@@H]2[C@H](C#N)[C@@H]2S(=O)(=O)c2ccc(Cl)cc2)cc1. The van der Waals surface area contributed by atoms with Gasteiger partial charge in [-0.05, 0) is 42.0 Å². The molecule has 3 atom stereocenters. The molecular weight excluding hydrogens is 334 g/mol. The Morgan fingerprint density at radius 2 is 1.70 bits per heavy atom. The standard InChI is InChI=1S/C17H14ClNO3S/c1-22-13-6-2-11(3-7-13)16-15(10-19)17(16)23(20,21)14-8-4-12(18)5-9-14/h2-9,15-17H,1H3/t15-,16+,17-/m0/s1. The van der Waals surface area contributed by atoms with Crippen LogP contribution in [0, 0.1) is 17.2 Å². The topological polar surface area (TPSA) is 67.2 Å². The van der Waals surface area contributed by atoms with Crippen molar-refractivity contribution < 1.29 is 13.2 Å². The van der Waals surface area contributed by atoms with Crippen molar-refractivity contribution in [3.63, 3.8) is 0 Å². The van der Waals surface area contributed by atoms with Gasteiger partial charge in [-0.2, -0.15) is 5.26 Å². The molecule has 118 valence electrons. The highest BCUT2D eigenvalue weighted by Gasteiger charge is 2.59. The van der Waals surface area contributed by atoms with Gasteiger partial charge in [0.05, 0.1) is 29.2 Å². The van der Waals surface area contributed by atoms with E-state index in [2.05, 4.69) is 6.07 Å². The maximum Gasteiger partial charge on any atom is 0.183 e. The molecule has 0 spiro atoms. The molecule has 0 heterocycles. The monoisotopic (exact) mass is 347 g/mol. The smallest absolute Gasteiger partial charge is 0.183 e. The third-order valence-electron chi connectivity index (χ3n) is 4.10. The maximum atomic E-state index is 12.8. The number of rotatable bonds is 4. The molecule has 1 aliphatic rings. The Kier molecular flexibility index (Phi) is 4.05. The van der Waals surface area contributed by atoms with Gasteiger partial charge in [0.25, 0.3) is 0 Å². The zero-order valence-corrected chi connectivity index (χ0v) is 13.9. The van der Waals surface area contributed by atoms with E-state index < -0.39 is 21.0 Å². The highest BCUT2D eigenvalue weighted by molar-refractivity contribution is 7.92. The minimum absolute atomic E-state index is 0.197. The fourth-order valence-electron chi connectivity index (χ4n) is 2.83. The van der Waals surface area contributed by atoms with Crippen LogP contribution in [0.2, 0.25) is 5.02 Å². The number of hydrogen-bond acceptors (Lipinski definition) is 4. The van der Waals surface area contributed by atoms with Crippen LogP contribution in [0.5, 0.6) is 5.75 Å². The van der Waals surface area contributed by atoms with Crippen LogP contribution in [-0.4, -0.2) is 20.8 Å². The summed E-state index contributed by atoms with van der Waals surface area (Å²) in [5.74, 6) is -0.157. The predicted octanol–water partition coefficient (Wildman–Crippen LogP) is 3.43. The lowest BCUT2D eigenvalue weighted by Gasteiger charge is -2.05. The first-order valence-electron chi connectivity index (χ1n) is 7.02. The molecule has 1 fully saturated rings. The summed E-state index contributed by atoms with van der Waals surface area (Å²) in [7, 11) is -2.00. The number of hydrogen-bond donors (Lipinski definition) is 0. The number of ether oxygens (including phenoxy) is 1. The highest BCUT2D eigenvalue weighted by atomic mass is 35.5. The van der Waals surface area contributed by atoms with E-state index in [9.17, 15) is 13.7 Å². The van der Waals surface area contributed by atoms with Gasteiger partial charge in [0.15, 0.2) is 9.84 Å². The lowest BCUT2D eigenvalue weighted by atomic mass is 10.1. The quantitative estimate of drug-likeness (QED) is 0.849. The van der Waals surface area contributed by atoms with Crippen LogP contribution >= 0.6 is 11.6 Å². The molecule has 3 rings (SSSR count). The average Bonchev–Trinajstić information content (AvgIpc) is 3.31. The molecule has 1 aliphatic carbocycles. The third-order valence-corrected chi connectivity index (χ3v) is 6.59. The molecule has 2 aromatic carbocycles. The van der Waals surface area contributed by atoms with E-state index in [0.717, 1.165) is 5.56 Å². The Bertz CT molecular complexity index is 854. The minimum atomic E-state index is -3.57. The maximum absolute atomic E-state index is 12.8. The molecule has 0 bridgehead atoms. The Morgan fingerprint density at radius 3 is 2.22 bits per heavy atom. The number of methoxy groups -OCH3 is 1. The summed E-state index contributed by atoms with van der Waals surface area (Å²) >= 11 is 5.81. The summed E-state index contributed by atoms with van der Waals surface area (Å²) in [6, 6.07) is 15.3.